The van der Waals surface area contributed by atoms with Crippen molar-refractivity contribution in [2.75, 3.05) is 5.32 Å². The van der Waals surface area contributed by atoms with E-state index in [9.17, 15) is 15.0 Å². The first kappa shape index (κ1) is 16.7. The summed E-state index contributed by atoms with van der Waals surface area (Å²) in [6.07, 6.45) is 6.05. The number of hydrogen-bond acceptors (Lipinski definition) is 3. The van der Waals surface area contributed by atoms with Crippen molar-refractivity contribution in [2.45, 2.75) is 59.3 Å². The fourth-order valence-electron chi connectivity index (χ4n) is 3.28. The number of amides is 1. The first-order valence-electron chi connectivity index (χ1n) is 8.18. The van der Waals surface area contributed by atoms with Gasteiger partial charge in [-0.15, -0.1) is 0 Å². The van der Waals surface area contributed by atoms with Crippen molar-refractivity contribution in [1.82, 2.24) is 0 Å². The summed E-state index contributed by atoms with van der Waals surface area (Å²) in [4.78, 5) is 12.8. The number of anilines is 1. The van der Waals surface area contributed by atoms with E-state index in [-0.39, 0.29) is 22.8 Å². The lowest BCUT2D eigenvalue weighted by Gasteiger charge is -2.29. The third-order valence-corrected chi connectivity index (χ3v) is 4.81. The second-order valence-corrected chi connectivity index (χ2v) is 7.03. The Kier molecular flexibility index (Phi) is 4.99. The molecule has 3 N–H and O–H groups in total. The van der Waals surface area contributed by atoms with Crippen molar-refractivity contribution < 1.29 is 15.0 Å². The van der Waals surface area contributed by atoms with E-state index >= 15 is 0 Å². The number of rotatable bonds is 5. The largest absolute Gasteiger partial charge is 0.504 e. The number of phenolic OH excluding ortho intramolecular Hbond substituents is 2. The second-order valence-electron chi connectivity index (χ2n) is 7.03. The zero-order chi connectivity index (χ0) is 16.3. The summed E-state index contributed by atoms with van der Waals surface area (Å²) >= 11 is 0. The summed E-state index contributed by atoms with van der Waals surface area (Å²) in [5.41, 5.74) is 1.06. The van der Waals surface area contributed by atoms with Crippen LogP contribution in [0.1, 0.15) is 57.9 Å². The van der Waals surface area contributed by atoms with Gasteiger partial charge in [0, 0.05) is 17.2 Å². The van der Waals surface area contributed by atoms with E-state index in [2.05, 4.69) is 19.2 Å². The minimum absolute atomic E-state index is 0.0545. The molecule has 1 amide bonds. The van der Waals surface area contributed by atoms with Crippen LogP contribution in [-0.4, -0.2) is 16.1 Å². The van der Waals surface area contributed by atoms with Crippen LogP contribution in [-0.2, 0) is 4.79 Å². The summed E-state index contributed by atoms with van der Waals surface area (Å²) < 4.78 is 0. The summed E-state index contributed by atoms with van der Waals surface area (Å²) in [6.45, 7) is 6.18. The predicted octanol–water partition coefficient (Wildman–Crippen LogP) is 4.34. The number of aromatic hydroxyl groups is 2. The van der Waals surface area contributed by atoms with Gasteiger partial charge in [-0.1, -0.05) is 26.7 Å². The third kappa shape index (κ3) is 3.54. The highest BCUT2D eigenvalue weighted by Crippen LogP contribution is 2.44. The van der Waals surface area contributed by atoms with Crippen LogP contribution in [0.15, 0.2) is 12.1 Å². The lowest BCUT2D eigenvalue weighted by atomic mass is 9.79. The van der Waals surface area contributed by atoms with E-state index in [0.29, 0.717) is 11.6 Å². The monoisotopic (exact) mass is 305 g/mol. The molecule has 122 valence electrons. The van der Waals surface area contributed by atoms with Crippen LogP contribution in [0.3, 0.4) is 0 Å². The molecule has 4 nitrogen and oxygen atoms in total. The van der Waals surface area contributed by atoms with Crippen LogP contribution in [0.25, 0.3) is 0 Å². The van der Waals surface area contributed by atoms with E-state index in [0.717, 1.165) is 44.1 Å². The van der Waals surface area contributed by atoms with E-state index in [1.165, 1.54) is 12.1 Å². The summed E-state index contributed by atoms with van der Waals surface area (Å²) in [5, 5.41) is 22.1. The number of hydrogen-bond donors (Lipinski definition) is 3. The topological polar surface area (TPSA) is 69.6 Å². The van der Waals surface area contributed by atoms with Gasteiger partial charge in [-0.05, 0) is 50.2 Å². The molecule has 0 aliphatic heterocycles. The molecule has 1 aromatic rings. The lowest BCUT2D eigenvalue weighted by molar-refractivity contribution is -0.125. The SMILES string of the molecule is Cc1cc(O)c(O)cc1NC(=O)C1(CCC(C)C)CCCC1. The van der Waals surface area contributed by atoms with Crippen molar-refractivity contribution in [3.63, 3.8) is 0 Å². The maximum atomic E-state index is 12.8. The molecule has 1 aromatic carbocycles. The molecule has 0 atom stereocenters. The van der Waals surface area contributed by atoms with Crippen molar-refractivity contribution in [1.29, 1.82) is 0 Å². The molecule has 1 aliphatic carbocycles. The van der Waals surface area contributed by atoms with Gasteiger partial charge >= 0.3 is 0 Å². The second kappa shape index (κ2) is 6.59. The van der Waals surface area contributed by atoms with Crippen molar-refractivity contribution in [3.05, 3.63) is 17.7 Å². The molecule has 22 heavy (non-hydrogen) atoms. The van der Waals surface area contributed by atoms with Gasteiger partial charge in [0.1, 0.15) is 0 Å². The highest BCUT2D eigenvalue weighted by Gasteiger charge is 2.40. The van der Waals surface area contributed by atoms with Crippen LogP contribution in [0, 0.1) is 18.3 Å². The van der Waals surface area contributed by atoms with Crippen LogP contribution in [0.4, 0.5) is 5.69 Å². The molecule has 0 unspecified atom stereocenters. The first-order valence-corrected chi connectivity index (χ1v) is 8.18. The van der Waals surface area contributed by atoms with Gasteiger partial charge in [0.2, 0.25) is 5.91 Å². The van der Waals surface area contributed by atoms with Crippen LogP contribution in [0.2, 0.25) is 0 Å². The van der Waals surface area contributed by atoms with Crippen molar-refractivity contribution >= 4 is 11.6 Å². The van der Waals surface area contributed by atoms with E-state index < -0.39 is 0 Å². The molecule has 1 fully saturated rings. The van der Waals surface area contributed by atoms with E-state index in [4.69, 9.17) is 0 Å². The Balaban J connectivity index is 2.16. The average molecular weight is 305 g/mol. The number of carbonyl (C=O) groups is 1. The Bertz CT molecular complexity index is 546. The minimum atomic E-state index is -0.274. The van der Waals surface area contributed by atoms with Gasteiger partial charge in [0.05, 0.1) is 0 Å². The Hall–Kier alpha value is -1.71. The maximum absolute atomic E-state index is 12.8. The quantitative estimate of drug-likeness (QED) is 0.560. The first-order chi connectivity index (χ1) is 10.3. The van der Waals surface area contributed by atoms with Crippen molar-refractivity contribution in [2.24, 2.45) is 11.3 Å². The highest BCUT2D eigenvalue weighted by molar-refractivity contribution is 5.96. The van der Waals surface area contributed by atoms with Crippen LogP contribution >= 0.6 is 0 Å². The Morgan fingerprint density at radius 1 is 1.23 bits per heavy atom. The molecule has 0 heterocycles. The molecule has 0 saturated heterocycles. The fraction of sp³-hybridized carbons (Fsp3) is 0.611. The normalized spacial score (nSPS) is 16.9. The minimum Gasteiger partial charge on any atom is -0.504 e. The third-order valence-electron chi connectivity index (χ3n) is 4.81. The van der Waals surface area contributed by atoms with Gasteiger partial charge in [0.25, 0.3) is 0 Å². The molecular formula is C18H27NO3. The number of nitrogens with one attached hydrogen (secondary N) is 1. The summed E-state index contributed by atoms with van der Waals surface area (Å²) in [5.74, 6) is 0.276. The van der Waals surface area contributed by atoms with Gasteiger partial charge < -0.3 is 15.5 Å². The number of phenols is 2. The van der Waals surface area contributed by atoms with Gasteiger partial charge in [-0.3, -0.25) is 4.79 Å². The molecule has 1 aliphatic rings. The Labute approximate surface area is 132 Å². The maximum Gasteiger partial charge on any atom is 0.230 e. The molecule has 1 saturated carbocycles. The van der Waals surface area contributed by atoms with Gasteiger partial charge in [-0.25, -0.2) is 0 Å². The molecule has 0 aromatic heterocycles. The molecule has 2 rings (SSSR count). The number of carbonyl (C=O) groups excluding carboxylic acids is 1. The molecular weight excluding hydrogens is 278 g/mol. The highest BCUT2D eigenvalue weighted by atomic mass is 16.3. The standard InChI is InChI=1S/C18H27NO3/c1-12(2)6-9-18(7-4-5-8-18)17(22)19-14-11-16(21)15(20)10-13(14)3/h10-12,20-21H,4-9H2,1-3H3,(H,19,22). The summed E-state index contributed by atoms with van der Waals surface area (Å²) in [6, 6.07) is 2.90. The lowest BCUT2D eigenvalue weighted by Crippen LogP contribution is -2.34. The average Bonchev–Trinajstić information content (AvgIpc) is 2.92. The van der Waals surface area contributed by atoms with Crippen LogP contribution in [0.5, 0.6) is 11.5 Å². The fourth-order valence-corrected chi connectivity index (χ4v) is 3.28. The zero-order valence-corrected chi connectivity index (χ0v) is 13.8. The Morgan fingerprint density at radius 2 is 1.82 bits per heavy atom. The van der Waals surface area contributed by atoms with E-state index in [1.54, 1.807) is 0 Å². The smallest absolute Gasteiger partial charge is 0.230 e. The number of benzene rings is 1. The van der Waals surface area contributed by atoms with Gasteiger partial charge in [0.15, 0.2) is 11.5 Å². The Morgan fingerprint density at radius 3 is 2.41 bits per heavy atom. The van der Waals surface area contributed by atoms with E-state index in [1.807, 2.05) is 6.92 Å². The molecule has 0 radical (unpaired) electrons. The van der Waals surface area contributed by atoms with Crippen molar-refractivity contribution in [3.8, 4) is 11.5 Å². The predicted molar refractivity (Wildman–Crippen MR) is 88.1 cm³/mol. The van der Waals surface area contributed by atoms with Gasteiger partial charge in [-0.2, -0.15) is 0 Å². The molecule has 0 bridgehead atoms. The van der Waals surface area contributed by atoms with Crippen LogP contribution < -0.4 is 5.32 Å². The molecule has 0 spiro atoms. The zero-order valence-electron chi connectivity index (χ0n) is 13.8. The molecule has 4 heteroatoms. The number of aryl methyl sites for hydroxylation is 1. The summed E-state index contributed by atoms with van der Waals surface area (Å²) in [7, 11) is 0.